The lowest BCUT2D eigenvalue weighted by Gasteiger charge is -2.48. The van der Waals surface area contributed by atoms with E-state index in [0.717, 1.165) is 5.56 Å². The van der Waals surface area contributed by atoms with Gasteiger partial charge in [-0.15, -0.1) is 0 Å². The van der Waals surface area contributed by atoms with Crippen molar-refractivity contribution < 1.29 is 53.0 Å². The molecule has 16 heteroatoms. The lowest BCUT2D eigenvalue weighted by molar-refractivity contribution is -0.313. The molecule has 6 rings (SSSR count). The molecule has 0 spiro atoms. The predicted molar refractivity (Wildman–Crippen MR) is 235 cm³/mol. The van der Waals surface area contributed by atoms with Crippen LogP contribution in [0.15, 0.2) is 35.3 Å². The Morgan fingerprint density at radius 2 is 1.68 bits per heavy atom. The first-order chi connectivity index (χ1) is 29.6. The molecule has 0 aliphatic carbocycles. The molecule has 1 aromatic rings. The van der Waals surface area contributed by atoms with Crippen molar-refractivity contribution in [3.8, 4) is 0 Å². The molecule has 63 heavy (non-hydrogen) atoms. The molecule has 5 saturated heterocycles. The fourth-order valence-electron chi connectivity index (χ4n) is 10.6. The van der Waals surface area contributed by atoms with Gasteiger partial charge in [-0.25, -0.2) is 4.99 Å². The molecule has 354 valence electrons. The van der Waals surface area contributed by atoms with Gasteiger partial charge in [-0.2, -0.15) is 0 Å². The van der Waals surface area contributed by atoms with E-state index in [1.807, 2.05) is 76.9 Å². The van der Waals surface area contributed by atoms with E-state index in [1.54, 1.807) is 44.5 Å². The minimum Gasteiger partial charge on any atom is -0.454 e. The highest BCUT2D eigenvalue weighted by Gasteiger charge is 2.54. The predicted octanol–water partition coefficient (Wildman–Crippen LogP) is 3.50. The minimum absolute atomic E-state index is 0.0173. The number of amides is 3. The second-order valence-corrected chi connectivity index (χ2v) is 19.9. The Labute approximate surface area is 374 Å². The van der Waals surface area contributed by atoms with Crippen LogP contribution in [0.3, 0.4) is 0 Å². The molecular formula is C47H75N5O11. The van der Waals surface area contributed by atoms with E-state index < -0.39 is 84.1 Å². The third-order valence-electron chi connectivity index (χ3n) is 14.0. The number of nitrogens with zero attached hydrogens (tertiary/aromatic N) is 4. The van der Waals surface area contributed by atoms with Gasteiger partial charge in [0.15, 0.2) is 18.7 Å². The van der Waals surface area contributed by atoms with E-state index in [0.29, 0.717) is 38.4 Å². The Morgan fingerprint density at radius 1 is 0.984 bits per heavy atom. The zero-order valence-electron chi connectivity index (χ0n) is 39.6. The zero-order chi connectivity index (χ0) is 46.1. The number of hydrogen-bond acceptors (Lipinski definition) is 12. The van der Waals surface area contributed by atoms with Gasteiger partial charge in [0.1, 0.15) is 18.2 Å². The van der Waals surface area contributed by atoms with Crippen LogP contribution in [0.5, 0.6) is 0 Å². The molecule has 5 fully saturated rings. The van der Waals surface area contributed by atoms with Crippen molar-refractivity contribution in [3.63, 3.8) is 0 Å². The number of methoxy groups -OCH3 is 1. The fourth-order valence-corrected chi connectivity index (χ4v) is 10.6. The number of likely N-dealkylation sites (N-methyl/N-ethyl adjacent to an activating group) is 2. The first-order valence-corrected chi connectivity index (χ1v) is 23.1. The van der Waals surface area contributed by atoms with Gasteiger partial charge in [0, 0.05) is 59.1 Å². The van der Waals surface area contributed by atoms with Gasteiger partial charge in [-0.3, -0.25) is 14.4 Å². The Bertz CT molecular complexity index is 1770. The summed E-state index contributed by atoms with van der Waals surface area (Å²) < 4.78 is 39.2. The Balaban J connectivity index is 1.43. The standard InChI is InChI=1S/C47H75N5O11/c1-26(2)48-45-51(11)35-21-28(4)59-44(38(35)62-45)63-40-29(5)37(61-36-24-47(9,58-12)39(53)31(7)60-36)30(6)41(54)49-33(22-32-17-14-13-15-18-32)42(55)52-20-16-19-34(52)43(56)50(10)25-27(3)23-46(40,8)57/h13-15,17-18,26-31,33-40,44,53,57H,16,19-25H2,1-12H3,(H,49,54)/b48-45+/t27-,28-,29+,30?,31?,33?,34+,35?,36+,37?,38-,39+,40-,44?,46-,47-/m1/s1. The smallest absolute Gasteiger partial charge is 0.288 e. The molecule has 16 nitrogen and oxygen atoms in total. The van der Waals surface area contributed by atoms with Crippen LogP contribution in [0.25, 0.3) is 0 Å². The van der Waals surface area contributed by atoms with Crippen molar-refractivity contribution in [3.05, 3.63) is 35.9 Å². The first kappa shape index (κ1) is 49.1. The summed E-state index contributed by atoms with van der Waals surface area (Å²) in [5.74, 6) is -2.89. The van der Waals surface area contributed by atoms with Gasteiger partial charge in [0.25, 0.3) is 6.02 Å². The summed E-state index contributed by atoms with van der Waals surface area (Å²) >= 11 is 0. The SMILES string of the molecule is CO[C@]1(C)C[C@H](OC2C(C)C(=O)NC(Cc3ccccc3)C(=O)N3CCC[C@H]3C(=O)N(C)C[C@H](C)C[C@@](C)(O)[C@H](OC3O[C@H](C)CC4[C@H]3O/C(=N/C(C)C)N4C)[C@H]2C)OC(C)[C@@H]1O. The van der Waals surface area contributed by atoms with Gasteiger partial charge in [-0.05, 0) is 78.7 Å². The van der Waals surface area contributed by atoms with Crippen LogP contribution in [-0.4, -0.2) is 168 Å². The van der Waals surface area contributed by atoms with Gasteiger partial charge in [-0.1, -0.05) is 51.1 Å². The highest BCUT2D eigenvalue weighted by atomic mass is 16.7. The molecular weight excluding hydrogens is 811 g/mol. The number of rotatable bonds is 8. The van der Waals surface area contributed by atoms with Crippen molar-refractivity contribution in [2.24, 2.45) is 22.7 Å². The van der Waals surface area contributed by atoms with Gasteiger partial charge in [0.2, 0.25) is 17.7 Å². The number of aliphatic hydroxyl groups excluding tert-OH is 1. The third kappa shape index (κ3) is 10.8. The van der Waals surface area contributed by atoms with E-state index >= 15 is 0 Å². The summed E-state index contributed by atoms with van der Waals surface area (Å²) in [6.07, 6.45) is -4.00. The molecule has 6 unspecified atom stereocenters. The van der Waals surface area contributed by atoms with Crippen molar-refractivity contribution in [1.82, 2.24) is 20.0 Å². The molecule has 5 heterocycles. The molecule has 0 aromatic heterocycles. The van der Waals surface area contributed by atoms with Crippen molar-refractivity contribution >= 4 is 23.7 Å². The zero-order valence-corrected chi connectivity index (χ0v) is 39.6. The van der Waals surface area contributed by atoms with Crippen LogP contribution in [-0.2, 0) is 49.2 Å². The number of amidine groups is 1. The van der Waals surface area contributed by atoms with Crippen LogP contribution in [0.2, 0.25) is 0 Å². The highest BCUT2D eigenvalue weighted by Crippen LogP contribution is 2.41. The van der Waals surface area contributed by atoms with Crippen molar-refractivity contribution in [1.29, 1.82) is 0 Å². The second kappa shape index (κ2) is 20.0. The van der Waals surface area contributed by atoms with E-state index in [2.05, 4.69) is 5.32 Å². The van der Waals surface area contributed by atoms with Crippen LogP contribution in [0.1, 0.15) is 100.0 Å². The number of benzene rings is 1. The molecule has 1 aromatic carbocycles. The maximum atomic E-state index is 14.9. The minimum atomic E-state index is -1.58. The Kier molecular flexibility index (Phi) is 15.6. The van der Waals surface area contributed by atoms with E-state index in [4.69, 9.17) is 33.4 Å². The topological polar surface area (TPSA) is 181 Å². The Hall–Kier alpha value is -3.38. The molecule has 3 amide bonds. The van der Waals surface area contributed by atoms with Crippen LogP contribution >= 0.6 is 0 Å². The summed E-state index contributed by atoms with van der Waals surface area (Å²) in [7, 11) is 5.22. The number of ether oxygens (including phenoxy) is 6. The van der Waals surface area contributed by atoms with Crippen molar-refractivity contribution in [2.45, 2.75) is 185 Å². The maximum Gasteiger partial charge on any atom is 0.288 e. The molecule has 0 saturated carbocycles. The van der Waals surface area contributed by atoms with E-state index in [-0.39, 0.29) is 55.2 Å². The first-order valence-electron chi connectivity index (χ1n) is 23.1. The molecule has 5 aliphatic heterocycles. The summed E-state index contributed by atoms with van der Waals surface area (Å²) in [6.45, 7) is 17.5. The highest BCUT2D eigenvalue weighted by molar-refractivity contribution is 5.93. The van der Waals surface area contributed by atoms with Crippen LogP contribution in [0, 0.1) is 17.8 Å². The van der Waals surface area contributed by atoms with Crippen LogP contribution < -0.4 is 5.32 Å². The number of carbonyl (C=O) groups excluding carboxylic acids is 3. The Morgan fingerprint density at radius 3 is 2.35 bits per heavy atom. The lowest BCUT2D eigenvalue weighted by atomic mass is 9.77. The fraction of sp³-hybridized carbons (Fsp3) is 0.787. The number of hydrogen-bond donors (Lipinski definition) is 3. The maximum absolute atomic E-state index is 14.9. The van der Waals surface area contributed by atoms with Gasteiger partial charge in [0.05, 0.1) is 47.6 Å². The normalized spacial score (nSPS) is 41.7. The van der Waals surface area contributed by atoms with Crippen LogP contribution in [0.4, 0.5) is 0 Å². The van der Waals surface area contributed by atoms with Crippen molar-refractivity contribution in [2.75, 3.05) is 34.3 Å². The molecule has 3 N–H and O–H groups in total. The molecule has 5 aliphatic rings. The number of nitrogens with one attached hydrogen (secondary N) is 1. The molecule has 16 atom stereocenters. The quantitative estimate of drug-likeness (QED) is 0.347. The number of aliphatic hydroxyl groups is 2. The second-order valence-electron chi connectivity index (χ2n) is 19.9. The van der Waals surface area contributed by atoms with Gasteiger partial charge >= 0.3 is 0 Å². The van der Waals surface area contributed by atoms with E-state index in [9.17, 15) is 24.6 Å². The number of carbonyl (C=O) groups is 3. The number of aliphatic imine (C=N–C) groups is 1. The van der Waals surface area contributed by atoms with Gasteiger partial charge < -0.3 is 58.7 Å². The summed E-state index contributed by atoms with van der Waals surface area (Å²) in [4.78, 5) is 53.8. The molecule has 0 bridgehead atoms. The molecule has 0 radical (unpaired) electrons. The summed E-state index contributed by atoms with van der Waals surface area (Å²) in [5.41, 5.74) is -1.77. The lowest BCUT2D eigenvalue weighted by Crippen LogP contribution is -2.61. The largest absolute Gasteiger partial charge is 0.454 e. The average molecular weight is 886 g/mol. The monoisotopic (exact) mass is 886 g/mol. The summed E-state index contributed by atoms with van der Waals surface area (Å²) in [6, 6.07) is 8.15. The summed E-state index contributed by atoms with van der Waals surface area (Å²) in [5, 5.41) is 27.1. The average Bonchev–Trinajstić information content (AvgIpc) is 3.83. The van der Waals surface area contributed by atoms with E-state index in [1.165, 1.54) is 7.11 Å². The third-order valence-corrected chi connectivity index (χ3v) is 14.0. The number of fused-ring (bicyclic) bond motifs is 2.